The molecule has 7 heteroatoms. The molecule has 0 saturated carbocycles. The first-order chi connectivity index (χ1) is 11.3. The van der Waals surface area contributed by atoms with Crippen LogP contribution in [-0.2, 0) is 14.8 Å². The number of carbonyl (C=O) groups is 1. The molecule has 0 unspecified atom stereocenters. The van der Waals surface area contributed by atoms with Gasteiger partial charge >= 0.3 is 0 Å². The molecule has 1 atom stereocenters. The van der Waals surface area contributed by atoms with Gasteiger partial charge in [0.25, 0.3) is 5.91 Å². The second-order valence-corrected chi connectivity index (χ2v) is 7.75. The van der Waals surface area contributed by atoms with E-state index in [1.807, 2.05) is 6.92 Å². The van der Waals surface area contributed by atoms with Crippen LogP contribution in [0.3, 0.4) is 0 Å². The van der Waals surface area contributed by atoms with Gasteiger partial charge in [-0.3, -0.25) is 9.10 Å². The number of hydrogen-bond acceptors (Lipinski definition) is 4. The first kappa shape index (κ1) is 20.3. The van der Waals surface area contributed by atoms with Crippen LogP contribution in [0.5, 0.6) is 5.75 Å². The molecular weight excluding hydrogens is 328 g/mol. The van der Waals surface area contributed by atoms with Crippen molar-refractivity contribution in [1.29, 1.82) is 0 Å². The summed E-state index contributed by atoms with van der Waals surface area (Å²) in [6, 6.07) is 6.65. The number of amides is 1. The van der Waals surface area contributed by atoms with Crippen molar-refractivity contribution < 1.29 is 17.9 Å². The molecule has 0 aliphatic carbocycles. The maximum absolute atomic E-state index is 12.1. The van der Waals surface area contributed by atoms with Crippen LogP contribution in [0.1, 0.15) is 39.5 Å². The largest absolute Gasteiger partial charge is 0.481 e. The van der Waals surface area contributed by atoms with Crippen LogP contribution in [0.4, 0.5) is 5.69 Å². The fraction of sp³-hybridized carbons (Fsp3) is 0.588. The lowest BCUT2D eigenvalue weighted by molar-refractivity contribution is -0.128. The van der Waals surface area contributed by atoms with Crippen molar-refractivity contribution in [2.45, 2.75) is 45.6 Å². The molecule has 0 fully saturated rings. The van der Waals surface area contributed by atoms with Gasteiger partial charge in [0.1, 0.15) is 5.75 Å². The summed E-state index contributed by atoms with van der Waals surface area (Å²) < 4.78 is 29.9. The third-order valence-corrected chi connectivity index (χ3v) is 4.92. The van der Waals surface area contributed by atoms with Gasteiger partial charge in [-0.1, -0.05) is 26.7 Å². The SMILES string of the molecule is CCCCCNC(=O)[C@H](CC)Oc1ccc(N(C)S(C)(=O)=O)cc1. The highest BCUT2D eigenvalue weighted by atomic mass is 32.2. The third kappa shape index (κ3) is 6.39. The van der Waals surface area contributed by atoms with Crippen molar-refractivity contribution in [3.05, 3.63) is 24.3 Å². The predicted molar refractivity (Wildman–Crippen MR) is 96.9 cm³/mol. The highest BCUT2D eigenvalue weighted by Crippen LogP contribution is 2.21. The number of sulfonamides is 1. The number of rotatable bonds is 10. The summed E-state index contributed by atoms with van der Waals surface area (Å²) in [5.41, 5.74) is 0.543. The Labute approximate surface area is 145 Å². The van der Waals surface area contributed by atoms with Gasteiger partial charge in [0.05, 0.1) is 11.9 Å². The third-order valence-electron chi connectivity index (χ3n) is 3.72. The number of nitrogens with one attached hydrogen (secondary N) is 1. The van der Waals surface area contributed by atoms with Gasteiger partial charge in [0.15, 0.2) is 6.10 Å². The molecule has 0 saturated heterocycles. The number of carbonyl (C=O) groups excluding carboxylic acids is 1. The minimum absolute atomic E-state index is 0.120. The molecule has 6 nitrogen and oxygen atoms in total. The lowest BCUT2D eigenvalue weighted by atomic mass is 10.2. The quantitative estimate of drug-likeness (QED) is 0.654. The number of unbranched alkanes of at least 4 members (excludes halogenated alkanes) is 2. The van der Waals surface area contributed by atoms with Crippen LogP contribution in [0.2, 0.25) is 0 Å². The van der Waals surface area contributed by atoms with Crippen LogP contribution < -0.4 is 14.4 Å². The Balaban J connectivity index is 2.64. The van der Waals surface area contributed by atoms with Gasteiger partial charge < -0.3 is 10.1 Å². The van der Waals surface area contributed by atoms with Crippen LogP contribution in [0, 0.1) is 0 Å². The van der Waals surface area contributed by atoms with Crippen LogP contribution in [-0.4, -0.2) is 40.3 Å². The zero-order chi connectivity index (χ0) is 18.2. The summed E-state index contributed by atoms with van der Waals surface area (Å²) in [4.78, 5) is 12.1. The van der Waals surface area contributed by atoms with Gasteiger partial charge in [-0.05, 0) is 37.1 Å². The molecule has 0 heterocycles. The van der Waals surface area contributed by atoms with Crippen molar-refractivity contribution in [1.82, 2.24) is 5.32 Å². The van der Waals surface area contributed by atoms with Crippen LogP contribution in [0.15, 0.2) is 24.3 Å². The van der Waals surface area contributed by atoms with Crippen LogP contribution in [0.25, 0.3) is 0 Å². The zero-order valence-corrected chi connectivity index (χ0v) is 15.7. The fourth-order valence-corrected chi connectivity index (χ4v) is 2.62. The summed E-state index contributed by atoms with van der Waals surface area (Å²) in [7, 11) is -1.81. The minimum atomic E-state index is -3.30. The zero-order valence-electron chi connectivity index (χ0n) is 14.9. The highest BCUT2D eigenvalue weighted by molar-refractivity contribution is 7.92. The lowest BCUT2D eigenvalue weighted by Crippen LogP contribution is -2.38. The van der Waals surface area contributed by atoms with Crippen LogP contribution >= 0.6 is 0 Å². The molecule has 136 valence electrons. The standard InChI is InChI=1S/C17H28N2O4S/c1-5-7-8-13-18-17(20)16(6-2)23-15-11-9-14(10-12-15)19(3)24(4,21)22/h9-12,16H,5-8,13H2,1-4H3,(H,18,20)/t16-/m0/s1. The minimum Gasteiger partial charge on any atom is -0.481 e. The molecule has 0 aliphatic heterocycles. The Morgan fingerprint density at radius 3 is 2.33 bits per heavy atom. The first-order valence-electron chi connectivity index (χ1n) is 8.27. The van der Waals surface area contributed by atoms with Crippen molar-refractivity contribution >= 4 is 21.6 Å². The van der Waals surface area contributed by atoms with Crippen molar-refractivity contribution in [2.24, 2.45) is 0 Å². The maximum Gasteiger partial charge on any atom is 0.261 e. The number of hydrogen-bond donors (Lipinski definition) is 1. The van der Waals surface area contributed by atoms with Gasteiger partial charge in [0, 0.05) is 13.6 Å². The van der Waals surface area contributed by atoms with Gasteiger partial charge in [0.2, 0.25) is 10.0 Å². The first-order valence-corrected chi connectivity index (χ1v) is 10.1. The molecule has 0 radical (unpaired) electrons. The molecule has 1 N–H and O–H groups in total. The Hall–Kier alpha value is -1.76. The number of ether oxygens (including phenoxy) is 1. The monoisotopic (exact) mass is 356 g/mol. The van der Waals surface area contributed by atoms with E-state index in [0.717, 1.165) is 25.5 Å². The average molecular weight is 356 g/mol. The molecule has 1 aromatic carbocycles. The Kier molecular flexibility index (Phi) is 8.04. The molecule has 1 amide bonds. The van der Waals surface area contributed by atoms with E-state index in [2.05, 4.69) is 12.2 Å². The van der Waals surface area contributed by atoms with E-state index in [9.17, 15) is 13.2 Å². The highest BCUT2D eigenvalue weighted by Gasteiger charge is 2.18. The Morgan fingerprint density at radius 2 is 1.83 bits per heavy atom. The van der Waals surface area contributed by atoms with E-state index in [-0.39, 0.29) is 5.91 Å². The summed E-state index contributed by atoms with van der Waals surface area (Å²) in [5, 5.41) is 2.89. The Morgan fingerprint density at radius 1 is 1.21 bits per heavy atom. The summed E-state index contributed by atoms with van der Waals surface area (Å²) >= 11 is 0. The number of nitrogens with zero attached hydrogens (tertiary/aromatic N) is 1. The molecule has 0 aliphatic rings. The summed E-state index contributed by atoms with van der Waals surface area (Å²) in [6.45, 7) is 4.66. The van der Waals surface area contributed by atoms with E-state index in [1.165, 1.54) is 11.4 Å². The Bertz CT molecular complexity index is 614. The van der Waals surface area contributed by atoms with Gasteiger partial charge in [-0.25, -0.2) is 8.42 Å². The summed E-state index contributed by atoms with van der Waals surface area (Å²) in [6.07, 6.45) is 4.32. The molecular formula is C17H28N2O4S. The smallest absolute Gasteiger partial charge is 0.261 e. The maximum atomic E-state index is 12.1. The van der Waals surface area contributed by atoms with Gasteiger partial charge in [-0.15, -0.1) is 0 Å². The van der Waals surface area contributed by atoms with Crippen molar-refractivity contribution in [2.75, 3.05) is 24.2 Å². The topological polar surface area (TPSA) is 75.7 Å². The number of benzene rings is 1. The average Bonchev–Trinajstić information content (AvgIpc) is 2.55. The fourth-order valence-electron chi connectivity index (χ4n) is 2.11. The molecule has 1 aromatic rings. The van der Waals surface area contributed by atoms with E-state index in [1.54, 1.807) is 24.3 Å². The predicted octanol–water partition coefficient (Wildman–Crippen LogP) is 2.55. The van der Waals surface area contributed by atoms with Crippen molar-refractivity contribution in [3.8, 4) is 5.75 Å². The molecule has 0 spiro atoms. The van der Waals surface area contributed by atoms with E-state index < -0.39 is 16.1 Å². The van der Waals surface area contributed by atoms with Gasteiger partial charge in [-0.2, -0.15) is 0 Å². The van der Waals surface area contributed by atoms with E-state index in [0.29, 0.717) is 24.4 Å². The lowest BCUT2D eigenvalue weighted by Gasteiger charge is -2.19. The second-order valence-electron chi connectivity index (χ2n) is 5.74. The number of anilines is 1. The molecule has 24 heavy (non-hydrogen) atoms. The van der Waals surface area contributed by atoms with E-state index >= 15 is 0 Å². The molecule has 0 bridgehead atoms. The van der Waals surface area contributed by atoms with E-state index in [4.69, 9.17) is 4.74 Å². The summed E-state index contributed by atoms with van der Waals surface area (Å²) in [5.74, 6) is 0.419. The normalized spacial score (nSPS) is 12.5. The molecule has 1 rings (SSSR count). The van der Waals surface area contributed by atoms with Crippen molar-refractivity contribution in [3.63, 3.8) is 0 Å². The second kappa shape index (κ2) is 9.52. The molecule has 0 aromatic heterocycles.